The molecular formula is C13H23NO3. The maximum Gasteiger partial charge on any atom is 0.324 e. The monoisotopic (exact) mass is 241 g/mol. The van der Waals surface area contributed by atoms with E-state index in [2.05, 4.69) is 11.8 Å². The van der Waals surface area contributed by atoms with E-state index in [-0.39, 0.29) is 5.60 Å². The van der Waals surface area contributed by atoms with Crippen molar-refractivity contribution in [2.24, 2.45) is 0 Å². The third kappa shape index (κ3) is 2.20. The molecule has 2 aliphatic rings. The number of carbonyl (C=O) groups is 1. The van der Waals surface area contributed by atoms with E-state index in [0.717, 1.165) is 32.4 Å². The standard InChI is InChI=1S/C13H23NO3/c1-3-12(2)10-13(11(15)16,6-9-17-12)14-7-4-5-8-14/h3-10H2,1-2H3,(H,15,16). The summed E-state index contributed by atoms with van der Waals surface area (Å²) in [5.74, 6) is -0.664. The van der Waals surface area contributed by atoms with Crippen molar-refractivity contribution in [3.63, 3.8) is 0 Å². The molecular weight excluding hydrogens is 218 g/mol. The molecule has 2 atom stereocenters. The van der Waals surface area contributed by atoms with Crippen LogP contribution in [0.5, 0.6) is 0 Å². The Labute approximate surface area is 103 Å². The minimum atomic E-state index is -0.681. The van der Waals surface area contributed by atoms with Crippen LogP contribution >= 0.6 is 0 Å². The molecule has 2 unspecified atom stereocenters. The van der Waals surface area contributed by atoms with Gasteiger partial charge in [-0.15, -0.1) is 0 Å². The summed E-state index contributed by atoms with van der Waals surface area (Å²) in [5.41, 5.74) is -0.960. The number of hydrogen-bond donors (Lipinski definition) is 1. The lowest BCUT2D eigenvalue weighted by Gasteiger charge is -2.48. The molecule has 1 N–H and O–H groups in total. The molecule has 4 heteroatoms. The van der Waals surface area contributed by atoms with Gasteiger partial charge < -0.3 is 9.84 Å². The smallest absolute Gasteiger partial charge is 0.324 e. The zero-order valence-electron chi connectivity index (χ0n) is 10.9. The number of nitrogens with zero attached hydrogens (tertiary/aromatic N) is 1. The zero-order valence-corrected chi connectivity index (χ0v) is 10.9. The van der Waals surface area contributed by atoms with Crippen LogP contribution in [0.15, 0.2) is 0 Å². The third-order valence-electron chi connectivity index (χ3n) is 4.49. The van der Waals surface area contributed by atoms with E-state index in [9.17, 15) is 9.90 Å². The van der Waals surface area contributed by atoms with E-state index < -0.39 is 11.5 Å². The molecule has 2 rings (SSSR count). The molecule has 0 spiro atoms. The maximum absolute atomic E-state index is 11.8. The van der Waals surface area contributed by atoms with Gasteiger partial charge >= 0.3 is 5.97 Å². The van der Waals surface area contributed by atoms with E-state index in [1.165, 1.54) is 0 Å². The van der Waals surface area contributed by atoms with Gasteiger partial charge in [-0.25, -0.2) is 0 Å². The Balaban J connectivity index is 2.24. The zero-order chi connectivity index (χ0) is 12.5. The Morgan fingerprint density at radius 1 is 1.41 bits per heavy atom. The van der Waals surface area contributed by atoms with Crippen molar-refractivity contribution >= 4 is 5.97 Å². The van der Waals surface area contributed by atoms with Gasteiger partial charge in [-0.2, -0.15) is 0 Å². The minimum Gasteiger partial charge on any atom is -0.480 e. The van der Waals surface area contributed by atoms with Gasteiger partial charge in [-0.05, 0) is 45.7 Å². The van der Waals surface area contributed by atoms with Crippen molar-refractivity contribution in [2.45, 2.75) is 57.1 Å². The predicted molar refractivity (Wildman–Crippen MR) is 65.1 cm³/mol. The summed E-state index contributed by atoms with van der Waals surface area (Å²) in [5, 5.41) is 9.68. The lowest BCUT2D eigenvalue weighted by molar-refractivity contribution is -0.173. The van der Waals surface area contributed by atoms with Crippen molar-refractivity contribution in [1.29, 1.82) is 0 Å². The van der Waals surface area contributed by atoms with E-state index >= 15 is 0 Å². The topological polar surface area (TPSA) is 49.8 Å². The fourth-order valence-corrected chi connectivity index (χ4v) is 3.18. The molecule has 0 aliphatic carbocycles. The molecule has 2 heterocycles. The summed E-state index contributed by atoms with van der Waals surface area (Å²) in [4.78, 5) is 13.9. The van der Waals surface area contributed by atoms with Crippen LogP contribution in [-0.2, 0) is 9.53 Å². The lowest BCUT2D eigenvalue weighted by atomic mass is 9.78. The molecule has 2 aliphatic heterocycles. The number of ether oxygens (including phenoxy) is 1. The van der Waals surface area contributed by atoms with Crippen molar-refractivity contribution in [3.05, 3.63) is 0 Å². The molecule has 0 radical (unpaired) electrons. The van der Waals surface area contributed by atoms with Crippen LogP contribution in [0.2, 0.25) is 0 Å². The highest BCUT2D eigenvalue weighted by molar-refractivity contribution is 5.79. The minimum absolute atomic E-state index is 0.279. The second-order valence-corrected chi connectivity index (χ2v) is 5.61. The number of likely N-dealkylation sites (tertiary alicyclic amines) is 1. The molecule has 4 nitrogen and oxygen atoms in total. The highest BCUT2D eigenvalue weighted by atomic mass is 16.5. The molecule has 0 amide bonds. The molecule has 0 bridgehead atoms. The van der Waals surface area contributed by atoms with Crippen LogP contribution < -0.4 is 0 Å². The van der Waals surface area contributed by atoms with Crippen molar-refractivity contribution in [2.75, 3.05) is 19.7 Å². The Hall–Kier alpha value is -0.610. The highest BCUT2D eigenvalue weighted by Gasteiger charge is 2.51. The summed E-state index contributed by atoms with van der Waals surface area (Å²) < 4.78 is 5.79. The first-order valence-electron chi connectivity index (χ1n) is 6.65. The van der Waals surface area contributed by atoms with Crippen LogP contribution in [-0.4, -0.2) is 46.8 Å². The normalized spacial score (nSPS) is 39.4. The first kappa shape index (κ1) is 12.8. The Kier molecular flexibility index (Phi) is 3.46. The second kappa shape index (κ2) is 4.58. The van der Waals surface area contributed by atoms with Gasteiger partial charge in [0, 0.05) is 13.0 Å². The molecule has 17 heavy (non-hydrogen) atoms. The molecule has 0 saturated carbocycles. The van der Waals surface area contributed by atoms with Gasteiger partial charge in [0.2, 0.25) is 0 Å². The second-order valence-electron chi connectivity index (χ2n) is 5.61. The number of carboxylic acids is 1. The molecule has 0 aromatic rings. The summed E-state index contributed by atoms with van der Waals surface area (Å²) >= 11 is 0. The molecule has 2 saturated heterocycles. The predicted octanol–water partition coefficient (Wildman–Crippen LogP) is 1.88. The number of hydrogen-bond acceptors (Lipinski definition) is 3. The summed E-state index contributed by atoms with van der Waals surface area (Å²) in [6, 6.07) is 0. The van der Waals surface area contributed by atoms with Crippen LogP contribution in [0.3, 0.4) is 0 Å². The number of aliphatic carboxylic acids is 1. The van der Waals surface area contributed by atoms with Crippen molar-refractivity contribution < 1.29 is 14.6 Å². The highest BCUT2D eigenvalue weighted by Crippen LogP contribution is 2.40. The first-order chi connectivity index (χ1) is 8.02. The summed E-state index contributed by atoms with van der Waals surface area (Å²) in [6.07, 6.45) is 4.36. The van der Waals surface area contributed by atoms with Crippen molar-refractivity contribution in [3.8, 4) is 0 Å². The molecule has 98 valence electrons. The largest absolute Gasteiger partial charge is 0.480 e. The molecule has 0 aromatic carbocycles. The van der Waals surface area contributed by atoms with E-state index in [0.29, 0.717) is 19.4 Å². The number of carboxylic acid groups (broad SMARTS) is 1. The van der Waals surface area contributed by atoms with E-state index in [4.69, 9.17) is 4.74 Å². The fraction of sp³-hybridized carbons (Fsp3) is 0.923. The van der Waals surface area contributed by atoms with E-state index in [1.807, 2.05) is 6.92 Å². The van der Waals surface area contributed by atoms with Gasteiger partial charge in [0.15, 0.2) is 0 Å². The van der Waals surface area contributed by atoms with Crippen LogP contribution in [0.1, 0.15) is 46.0 Å². The average Bonchev–Trinajstić information content (AvgIpc) is 2.82. The number of rotatable bonds is 3. The third-order valence-corrected chi connectivity index (χ3v) is 4.49. The average molecular weight is 241 g/mol. The van der Waals surface area contributed by atoms with Gasteiger partial charge in [0.05, 0.1) is 5.60 Å². The van der Waals surface area contributed by atoms with Crippen LogP contribution in [0.25, 0.3) is 0 Å². The lowest BCUT2D eigenvalue weighted by Crippen LogP contribution is -2.61. The maximum atomic E-state index is 11.8. The van der Waals surface area contributed by atoms with Crippen LogP contribution in [0.4, 0.5) is 0 Å². The van der Waals surface area contributed by atoms with Gasteiger partial charge in [-0.1, -0.05) is 6.92 Å². The Morgan fingerprint density at radius 3 is 2.59 bits per heavy atom. The summed E-state index contributed by atoms with van der Waals surface area (Å²) in [7, 11) is 0. The quantitative estimate of drug-likeness (QED) is 0.819. The SMILES string of the molecule is CCC1(C)CC(C(=O)O)(N2CCCC2)CCO1. The van der Waals surface area contributed by atoms with E-state index in [1.54, 1.807) is 0 Å². The first-order valence-corrected chi connectivity index (χ1v) is 6.65. The van der Waals surface area contributed by atoms with Gasteiger partial charge in [-0.3, -0.25) is 9.69 Å². The van der Waals surface area contributed by atoms with Crippen molar-refractivity contribution in [1.82, 2.24) is 4.90 Å². The van der Waals surface area contributed by atoms with Crippen LogP contribution in [0, 0.1) is 0 Å². The Morgan fingerprint density at radius 2 is 2.06 bits per heavy atom. The fourth-order valence-electron chi connectivity index (χ4n) is 3.18. The summed E-state index contributed by atoms with van der Waals surface area (Å²) in [6.45, 7) is 6.52. The molecule has 2 fully saturated rings. The van der Waals surface area contributed by atoms with Gasteiger partial charge in [0.1, 0.15) is 5.54 Å². The van der Waals surface area contributed by atoms with Gasteiger partial charge in [0.25, 0.3) is 0 Å². The molecule has 0 aromatic heterocycles. The Bertz CT molecular complexity index is 301.